The van der Waals surface area contributed by atoms with Crippen LogP contribution in [0.4, 0.5) is 5.69 Å². The largest absolute Gasteiger partial charge is 0.325 e. The summed E-state index contributed by atoms with van der Waals surface area (Å²) < 4.78 is 0. The highest BCUT2D eigenvalue weighted by Gasteiger charge is 2.14. The minimum absolute atomic E-state index is 0.0139. The first-order valence-corrected chi connectivity index (χ1v) is 7.31. The zero-order valence-corrected chi connectivity index (χ0v) is 11.8. The SMILES string of the molecule is CC[C@@H](C)c1ccccc1NC(=O)[C@@H](C)SC. The van der Waals surface area contributed by atoms with Crippen LogP contribution in [0, 0.1) is 0 Å². The molecule has 2 atom stereocenters. The van der Waals surface area contributed by atoms with Crippen molar-refractivity contribution >= 4 is 23.4 Å². The summed E-state index contributed by atoms with van der Waals surface area (Å²) in [7, 11) is 0. The Balaban J connectivity index is 2.87. The lowest BCUT2D eigenvalue weighted by Crippen LogP contribution is -2.23. The fourth-order valence-electron chi connectivity index (χ4n) is 1.60. The van der Waals surface area contributed by atoms with Gasteiger partial charge >= 0.3 is 0 Å². The molecule has 0 aromatic heterocycles. The number of hydrogen-bond donors (Lipinski definition) is 1. The average molecular weight is 251 g/mol. The maximum Gasteiger partial charge on any atom is 0.237 e. The topological polar surface area (TPSA) is 29.1 Å². The molecule has 3 heteroatoms. The molecule has 0 unspecified atom stereocenters. The molecule has 0 fully saturated rings. The lowest BCUT2D eigenvalue weighted by molar-refractivity contribution is -0.115. The van der Waals surface area contributed by atoms with Gasteiger partial charge in [0, 0.05) is 5.69 Å². The van der Waals surface area contributed by atoms with Crippen LogP contribution in [0.15, 0.2) is 24.3 Å². The van der Waals surface area contributed by atoms with Crippen molar-refractivity contribution in [3.63, 3.8) is 0 Å². The third-order valence-electron chi connectivity index (χ3n) is 3.08. The molecule has 0 bridgehead atoms. The highest BCUT2D eigenvalue weighted by Crippen LogP contribution is 2.26. The Hall–Kier alpha value is -0.960. The molecule has 0 saturated carbocycles. The second kappa shape index (κ2) is 6.70. The van der Waals surface area contributed by atoms with Crippen molar-refractivity contribution in [3.05, 3.63) is 29.8 Å². The van der Waals surface area contributed by atoms with Crippen molar-refractivity contribution in [1.82, 2.24) is 0 Å². The monoisotopic (exact) mass is 251 g/mol. The van der Waals surface area contributed by atoms with Gasteiger partial charge in [-0.25, -0.2) is 0 Å². The number of para-hydroxylation sites is 1. The van der Waals surface area contributed by atoms with Crippen LogP contribution in [0.3, 0.4) is 0 Å². The molecule has 1 aromatic carbocycles. The number of rotatable bonds is 5. The van der Waals surface area contributed by atoms with E-state index in [1.807, 2.05) is 31.4 Å². The number of hydrogen-bond acceptors (Lipinski definition) is 2. The van der Waals surface area contributed by atoms with Crippen molar-refractivity contribution in [1.29, 1.82) is 0 Å². The van der Waals surface area contributed by atoms with Crippen LogP contribution in [0.25, 0.3) is 0 Å². The molecule has 0 saturated heterocycles. The molecule has 0 aliphatic heterocycles. The number of benzene rings is 1. The lowest BCUT2D eigenvalue weighted by atomic mass is 9.97. The molecule has 1 N–H and O–H groups in total. The molecule has 0 spiro atoms. The lowest BCUT2D eigenvalue weighted by Gasteiger charge is -2.17. The van der Waals surface area contributed by atoms with Crippen molar-refractivity contribution in [3.8, 4) is 0 Å². The van der Waals surface area contributed by atoms with Gasteiger partial charge in [0.25, 0.3) is 0 Å². The first-order chi connectivity index (χ1) is 8.10. The second-order valence-corrected chi connectivity index (χ2v) is 5.44. The smallest absolute Gasteiger partial charge is 0.237 e. The zero-order valence-electron chi connectivity index (χ0n) is 11.0. The van der Waals surface area contributed by atoms with E-state index in [1.54, 1.807) is 11.8 Å². The molecule has 0 radical (unpaired) electrons. The Bertz CT molecular complexity index is 378. The third kappa shape index (κ3) is 3.77. The summed E-state index contributed by atoms with van der Waals surface area (Å²) in [6.45, 7) is 6.27. The summed E-state index contributed by atoms with van der Waals surface area (Å²) in [6, 6.07) is 8.06. The van der Waals surface area contributed by atoms with Crippen molar-refractivity contribution < 1.29 is 4.79 Å². The normalized spacial score (nSPS) is 14.1. The molecule has 0 heterocycles. The van der Waals surface area contributed by atoms with E-state index in [9.17, 15) is 4.79 Å². The zero-order chi connectivity index (χ0) is 12.8. The first kappa shape index (κ1) is 14.1. The van der Waals surface area contributed by atoms with E-state index in [0.717, 1.165) is 12.1 Å². The molecule has 1 aromatic rings. The molecule has 0 aliphatic rings. The van der Waals surface area contributed by atoms with Gasteiger partial charge in [-0.05, 0) is 37.1 Å². The van der Waals surface area contributed by atoms with Gasteiger partial charge in [0.05, 0.1) is 5.25 Å². The number of amides is 1. The van der Waals surface area contributed by atoms with Gasteiger partial charge in [0.15, 0.2) is 0 Å². The minimum Gasteiger partial charge on any atom is -0.325 e. The van der Waals surface area contributed by atoms with Crippen molar-refractivity contribution in [2.75, 3.05) is 11.6 Å². The second-order valence-electron chi connectivity index (χ2n) is 4.26. The van der Waals surface area contributed by atoms with Crippen molar-refractivity contribution in [2.24, 2.45) is 0 Å². The fraction of sp³-hybridized carbons (Fsp3) is 0.500. The van der Waals surface area contributed by atoms with Gasteiger partial charge in [-0.1, -0.05) is 32.0 Å². The number of thioether (sulfide) groups is 1. The number of anilines is 1. The van der Waals surface area contributed by atoms with E-state index in [-0.39, 0.29) is 11.2 Å². The van der Waals surface area contributed by atoms with Gasteiger partial charge in [-0.2, -0.15) is 11.8 Å². The molecule has 2 nitrogen and oxygen atoms in total. The number of carbonyl (C=O) groups is 1. The van der Waals surface area contributed by atoms with Gasteiger partial charge in [0.2, 0.25) is 5.91 Å². The van der Waals surface area contributed by atoms with E-state index < -0.39 is 0 Å². The van der Waals surface area contributed by atoms with Crippen LogP contribution < -0.4 is 5.32 Å². The van der Waals surface area contributed by atoms with Crippen LogP contribution in [-0.4, -0.2) is 17.4 Å². The highest BCUT2D eigenvalue weighted by molar-refractivity contribution is 7.99. The fourth-order valence-corrected chi connectivity index (χ4v) is 1.87. The highest BCUT2D eigenvalue weighted by atomic mass is 32.2. The predicted molar refractivity (Wildman–Crippen MR) is 76.8 cm³/mol. The molecule has 1 amide bonds. The summed E-state index contributed by atoms with van der Waals surface area (Å²) in [4.78, 5) is 11.9. The summed E-state index contributed by atoms with van der Waals surface area (Å²) in [6.07, 6.45) is 3.02. The van der Waals surface area contributed by atoms with E-state index in [0.29, 0.717) is 5.92 Å². The predicted octanol–water partition coefficient (Wildman–Crippen LogP) is 3.89. The molecule has 0 aliphatic carbocycles. The van der Waals surface area contributed by atoms with Gasteiger partial charge in [-0.3, -0.25) is 4.79 Å². The van der Waals surface area contributed by atoms with Gasteiger partial charge < -0.3 is 5.32 Å². The van der Waals surface area contributed by atoms with E-state index >= 15 is 0 Å². The van der Waals surface area contributed by atoms with E-state index in [4.69, 9.17) is 0 Å². The quantitative estimate of drug-likeness (QED) is 0.860. The Labute approximate surface area is 108 Å². The summed E-state index contributed by atoms with van der Waals surface area (Å²) >= 11 is 1.56. The van der Waals surface area contributed by atoms with Crippen LogP contribution in [-0.2, 0) is 4.79 Å². The Kier molecular flexibility index (Phi) is 5.56. The Morgan fingerprint density at radius 3 is 2.59 bits per heavy atom. The van der Waals surface area contributed by atoms with Crippen LogP contribution in [0.5, 0.6) is 0 Å². The van der Waals surface area contributed by atoms with Gasteiger partial charge in [-0.15, -0.1) is 0 Å². The van der Waals surface area contributed by atoms with E-state index in [2.05, 4.69) is 25.2 Å². The minimum atomic E-state index is -0.0139. The maximum atomic E-state index is 11.9. The molecule has 94 valence electrons. The van der Waals surface area contributed by atoms with Crippen molar-refractivity contribution in [2.45, 2.75) is 38.4 Å². The standard InChI is InChI=1S/C14H21NOS/c1-5-10(2)12-8-6-7-9-13(12)15-14(16)11(3)17-4/h6-11H,5H2,1-4H3,(H,15,16)/t10-,11-/m1/s1. The maximum absolute atomic E-state index is 11.9. The summed E-state index contributed by atoms with van der Waals surface area (Å²) in [5.41, 5.74) is 2.17. The first-order valence-electron chi connectivity index (χ1n) is 6.02. The molecular weight excluding hydrogens is 230 g/mol. The van der Waals surface area contributed by atoms with Gasteiger partial charge in [0.1, 0.15) is 0 Å². The molecule has 1 rings (SSSR count). The molecular formula is C14H21NOS. The Morgan fingerprint density at radius 2 is 2.00 bits per heavy atom. The van der Waals surface area contributed by atoms with Crippen LogP contribution in [0.1, 0.15) is 38.7 Å². The van der Waals surface area contributed by atoms with Crippen LogP contribution in [0.2, 0.25) is 0 Å². The molecule has 17 heavy (non-hydrogen) atoms. The number of nitrogens with one attached hydrogen (secondary N) is 1. The van der Waals surface area contributed by atoms with Crippen LogP contribution >= 0.6 is 11.8 Å². The Morgan fingerprint density at radius 1 is 1.35 bits per heavy atom. The average Bonchev–Trinajstić information content (AvgIpc) is 2.37. The third-order valence-corrected chi connectivity index (χ3v) is 4.01. The van der Waals surface area contributed by atoms with E-state index in [1.165, 1.54) is 5.56 Å². The summed E-state index contributed by atoms with van der Waals surface area (Å²) in [5.74, 6) is 0.546. The summed E-state index contributed by atoms with van der Waals surface area (Å²) in [5, 5.41) is 3.00. The number of carbonyl (C=O) groups excluding carboxylic acids is 1.